The standard InChI is InChI=1S/C22H25NO7/c1-22(2,3)30-21(29)15(10-14-5-8-17(25)19(27)12-14)23-20(28)9-6-13-4-7-16(24)18(26)11-13/h4-9,11-12,15,24-27H,10H2,1-3H3,(H,23,28)/b9-6+/t15-/m1/s1. The molecule has 0 aliphatic heterocycles. The van der Waals surface area contributed by atoms with Gasteiger partial charge in [0.05, 0.1) is 0 Å². The number of carbonyl (C=O) groups is 2. The van der Waals surface area contributed by atoms with E-state index < -0.39 is 23.5 Å². The molecule has 2 rings (SSSR count). The molecule has 1 amide bonds. The van der Waals surface area contributed by atoms with E-state index in [1.165, 1.54) is 48.6 Å². The van der Waals surface area contributed by atoms with Crippen LogP contribution in [-0.4, -0.2) is 43.9 Å². The van der Waals surface area contributed by atoms with E-state index in [1.807, 2.05) is 0 Å². The van der Waals surface area contributed by atoms with Crippen LogP contribution in [0.2, 0.25) is 0 Å². The maximum Gasteiger partial charge on any atom is 0.329 e. The van der Waals surface area contributed by atoms with Crippen molar-refractivity contribution in [3.05, 3.63) is 53.6 Å². The lowest BCUT2D eigenvalue weighted by Gasteiger charge is -2.24. The van der Waals surface area contributed by atoms with E-state index in [-0.39, 0.29) is 29.4 Å². The number of ether oxygens (including phenoxy) is 1. The third-order valence-electron chi connectivity index (χ3n) is 3.91. The molecule has 0 bridgehead atoms. The Morgan fingerprint density at radius 3 is 2.13 bits per heavy atom. The van der Waals surface area contributed by atoms with Gasteiger partial charge in [-0.15, -0.1) is 0 Å². The van der Waals surface area contributed by atoms with Crippen LogP contribution in [-0.2, 0) is 20.7 Å². The van der Waals surface area contributed by atoms with E-state index in [2.05, 4.69) is 5.32 Å². The minimum absolute atomic E-state index is 0.0301. The van der Waals surface area contributed by atoms with Crippen LogP contribution in [0.4, 0.5) is 0 Å². The molecule has 0 aromatic heterocycles. The SMILES string of the molecule is CC(C)(C)OC(=O)[C@@H](Cc1ccc(O)c(O)c1)NC(=O)/C=C/c1ccc(O)c(O)c1. The fourth-order valence-corrected chi connectivity index (χ4v) is 2.53. The summed E-state index contributed by atoms with van der Waals surface area (Å²) in [6.45, 7) is 5.11. The fourth-order valence-electron chi connectivity index (χ4n) is 2.53. The maximum absolute atomic E-state index is 12.6. The molecule has 0 unspecified atom stereocenters. The summed E-state index contributed by atoms with van der Waals surface area (Å²) in [5.74, 6) is -2.47. The number of rotatable bonds is 6. The third kappa shape index (κ3) is 6.73. The van der Waals surface area contributed by atoms with E-state index in [0.717, 1.165) is 0 Å². The molecule has 0 spiro atoms. The molecule has 0 aliphatic rings. The third-order valence-corrected chi connectivity index (χ3v) is 3.91. The Hall–Kier alpha value is -3.68. The van der Waals surface area contributed by atoms with Gasteiger partial charge in [0.15, 0.2) is 23.0 Å². The van der Waals surface area contributed by atoms with Crippen molar-refractivity contribution in [1.29, 1.82) is 0 Å². The maximum atomic E-state index is 12.6. The molecular formula is C22H25NO7. The summed E-state index contributed by atoms with van der Waals surface area (Å²) in [5, 5.41) is 40.5. The van der Waals surface area contributed by atoms with E-state index in [9.17, 15) is 30.0 Å². The molecule has 0 fully saturated rings. The number of amides is 1. The number of aromatic hydroxyl groups is 4. The zero-order valence-corrected chi connectivity index (χ0v) is 16.9. The van der Waals surface area contributed by atoms with Crippen molar-refractivity contribution in [1.82, 2.24) is 5.32 Å². The Morgan fingerprint density at radius 2 is 1.57 bits per heavy atom. The smallest absolute Gasteiger partial charge is 0.329 e. The number of phenols is 4. The highest BCUT2D eigenvalue weighted by Gasteiger charge is 2.26. The Kier molecular flexibility index (Phi) is 6.94. The van der Waals surface area contributed by atoms with Crippen molar-refractivity contribution >= 4 is 18.0 Å². The summed E-state index contributed by atoms with van der Waals surface area (Å²) >= 11 is 0. The van der Waals surface area contributed by atoms with Gasteiger partial charge in [-0.05, 0) is 62.2 Å². The Morgan fingerprint density at radius 1 is 0.967 bits per heavy atom. The molecule has 2 aromatic rings. The lowest BCUT2D eigenvalue weighted by atomic mass is 10.0. The predicted octanol–water partition coefficient (Wildman–Crippen LogP) is 2.59. The van der Waals surface area contributed by atoms with E-state index in [4.69, 9.17) is 4.74 Å². The van der Waals surface area contributed by atoms with Gasteiger partial charge in [-0.2, -0.15) is 0 Å². The van der Waals surface area contributed by atoms with Crippen LogP contribution in [0, 0.1) is 0 Å². The monoisotopic (exact) mass is 415 g/mol. The number of carbonyl (C=O) groups excluding carboxylic acids is 2. The van der Waals surface area contributed by atoms with Crippen LogP contribution in [0.3, 0.4) is 0 Å². The van der Waals surface area contributed by atoms with Gasteiger partial charge >= 0.3 is 5.97 Å². The zero-order chi connectivity index (χ0) is 22.5. The van der Waals surface area contributed by atoms with Crippen molar-refractivity contribution in [2.24, 2.45) is 0 Å². The molecular weight excluding hydrogens is 390 g/mol. The van der Waals surface area contributed by atoms with Crippen LogP contribution in [0.1, 0.15) is 31.9 Å². The van der Waals surface area contributed by atoms with Crippen molar-refractivity contribution in [2.45, 2.75) is 38.8 Å². The van der Waals surface area contributed by atoms with E-state index in [1.54, 1.807) is 20.8 Å². The number of benzene rings is 2. The normalized spacial score (nSPS) is 12.5. The second-order valence-electron chi connectivity index (χ2n) is 7.70. The highest BCUT2D eigenvalue weighted by molar-refractivity contribution is 5.94. The molecule has 30 heavy (non-hydrogen) atoms. The van der Waals surface area contributed by atoms with Gasteiger partial charge in [-0.25, -0.2) is 4.79 Å². The Labute approximate surface area is 174 Å². The summed E-state index contributed by atoms with van der Waals surface area (Å²) in [6, 6.07) is 7.14. The van der Waals surface area contributed by atoms with Crippen molar-refractivity contribution in [3.8, 4) is 23.0 Å². The minimum Gasteiger partial charge on any atom is -0.504 e. The lowest BCUT2D eigenvalue weighted by Crippen LogP contribution is -2.45. The Balaban J connectivity index is 2.17. The second-order valence-corrected chi connectivity index (χ2v) is 7.70. The van der Waals surface area contributed by atoms with E-state index in [0.29, 0.717) is 11.1 Å². The van der Waals surface area contributed by atoms with E-state index >= 15 is 0 Å². The average molecular weight is 415 g/mol. The molecule has 8 nitrogen and oxygen atoms in total. The molecule has 2 aromatic carbocycles. The lowest BCUT2D eigenvalue weighted by molar-refractivity contribution is -0.158. The molecule has 160 valence electrons. The number of hydrogen-bond acceptors (Lipinski definition) is 7. The largest absolute Gasteiger partial charge is 0.504 e. The van der Waals surface area contributed by atoms with Crippen LogP contribution in [0.15, 0.2) is 42.5 Å². The second kappa shape index (κ2) is 9.21. The van der Waals surface area contributed by atoms with Crippen molar-refractivity contribution in [3.63, 3.8) is 0 Å². The summed E-state index contributed by atoms with van der Waals surface area (Å²) in [7, 11) is 0. The van der Waals surface area contributed by atoms with Gasteiger partial charge < -0.3 is 30.5 Å². The number of esters is 1. The van der Waals surface area contributed by atoms with Crippen LogP contribution >= 0.6 is 0 Å². The first-order valence-electron chi connectivity index (χ1n) is 9.19. The van der Waals surface area contributed by atoms with Gasteiger partial charge in [0.1, 0.15) is 11.6 Å². The van der Waals surface area contributed by atoms with Crippen molar-refractivity contribution < 1.29 is 34.8 Å². The van der Waals surface area contributed by atoms with Crippen LogP contribution in [0.5, 0.6) is 23.0 Å². The predicted molar refractivity (Wildman–Crippen MR) is 110 cm³/mol. The quantitative estimate of drug-likeness (QED) is 0.278. The molecule has 0 saturated heterocycles. The van der Waals surface area contributed by atoms with Gasteiger partial charge in [0.2, 0.25) is 5.91 Å². The minimum atomic E-state index is -1.04. The fraction of sp³-hybridized carbons (Fsp3) is 0.273. The molecule has 0 heterocycles. The summed E-state index contributed by atoms with van der Waals surface area (Å²) in [5.41, 5.74) is 0.211. The topological polar surface area (TPSA) is 136 Å². The van der Waals surface area contributed by atoms with Crippen LogP contribution in [0.25, 0.3) is 6.08 Å². The first kappa shape index (κ1) is 22.6. The van der Waals surface area contributed by atoms with Gasteiger partial charge in [0, 0.05) is 12.5 Å². The highest BCUT2D eigenvalue weighted by atomic mass is 16.6. The van der Waals surface area contributed by atoms with Gasteiger partial charge in [-0.3, -0.25) is 4.79 Å². The zero-order valence-electron chi connectivity index (χ0n) is 16.9. The number of hydrogen-bond donors (Lipinski definition) is 5. The average Bonchev–Trinajstić information content (AvgIpc) is 2.63. The van der Waals surface area contributed by atoms with Crippen LogP contribution < -0.4 is 5.32 Å². The number of nitrogens with one attached hydrogen (secondary N) is 1. The summed E-state index contributed by atoms with van der Waals surface area (Å²) in [4.78, 5) is 24.9. The Bertz CT molecular complexity index is 960. The molecule has 1 atom stereocenters. The molecule has 0 saturated carbocycles. The summed E-state index contributed by atoms with van der Waals surface area (Å²) < 4.78 is 5.37. The molecule has 0 aliphatic carbocycles. The molecule has 0 radical (unpaired) electrons. The van der Waals surface area contributed by atoms with Crippen molar-refractivity contribution in [2.75, 3.05) is 0 Å². The molecule has 5 N–H and O–H groups in total. The summed E-state index contributed by atoms with van der Waals surface area (Å²) in [6.07, 6.45) is 2.62. The number of phenolic OH excluding ortho intramolecular Hbond substituents is 4. The van der Waals surface area contributed by atoms with Gasteiger partial charge in [-0.1, -0.05) is 12.1 Å². The van der Waals surface area contributed by atoms with Gasteiger partial charge in [0.25, 0.3) is 0 Å². The first-order valence-corrected chi connectivity index (χ1v) is 9.19. The molecule has 8 heteroatoms. The first-order chi connectivity index (χ1) is 13.9. The highest BCUT2D eigenvalue weighted by Crippen LogP contribution is 2.26.